The van der Waals surface area contributed by atoms with Crippen molar-refractivity contribution >= 4 is 17.5 Å². The molecule has 7 nitrogen and oxygen atoms in total. The predicted octanol–water partition coefficient (Wildman–Crippen LogP) is 1.94. The smallest absolute Gasteiger partial charge is 0.222 e. The molecule has 0 saturated carbocycles. The van der Waals surface area contributed by atoms with Crippen molar-refractivity contribution in [3.8, 4) is 11.4 Å². The molecule has 3 rings (SSSR count). The highest BCUT2D eigenvalue weighted by Gasteiger charge is 2.30. The van der Waals surface area contributed by atoms with Crippen LogP contribution >= 0.6 is 11.6 Å². The lowest BCUT2D eigenvalue weighted by Crippen LogP contribution is -2.41. The average molecular weight is 379 g/mol. The van der Waals surface area contributed by atoms with Crippen molar-refractivity contribution in [2.75, 3.05) is 33.4 Å². The van der Waals surface area contributed by atoms with Crippen molar-refractivity contribution in [3.63, 3.8) is 0 Å². The largest absolute Gasteiger partial charge is 0.394 e. The third kappa shape index (κ3) is 4.23. The molecule has 1 amide bonds. The minimum Gasteiger partial charge on any atom is -0.394 e. The van der Waals surface area contributed by atoms with Gasteiger partial charge in [0, 0.05) is 43.1 Å². The molecule has 1 N–H and O–H groups in total. The third-order valence-corrected chi connectivity index (χ3v) is 4.80. The number of aliphatic hydroxyl groups excluding tert-OH is 1. The van der Waals surface area contributed by atoms with Gasteiger partial charge < -0.3 is 14.7 Å². The van der Waals surface area contributed by atoms with Crippen molar-refractivity contribution in [2.24, 2.45) is 0 Å². The molecule has 1 aromatic carbocycles. The lowest BCUT2D eigenvalue weighted by molar-refractivity contribution is -0.134. The first-order valence-corrected chi connectivity index (χ1v) is 9.08. The fraction of sp³-hybridized carbons (Fsp3) is 0.500. The van der Waals surface area contributed by atoms with Crippen LogP contribution in [0.1, 0.15) is 24.6 Å². The first-order valence-electron chi connectivity index (χ1n) is 8.70. The number of methoxy groups -OCH3 is 1. The predicted molar refractivity (Wildman–Crippen MR) is 98.0 cm³/mol. The van der Waals surface area contributed by atoms with Gasteiger partial charge in [-0.2, -0.15) is 5.10 Å². The van der Waals surface area contributed by atoms with Crippen molar-refractivity contribution in [2.45, 2.75) is 25.3 Å². The highest BCUT2D eigenvalue weighted by atomic mass is 35.5. The third-order valence-electron chi connectivity index (χ3n) is 4.55. The molecular formula is C18H23ClN4O3. The molecule has 1 saturated heterocycles. The first kappa shape index (κ1) is 18.8. The van der Waals surface area contributed by atoms with E-state index in [1.807, 2.05) is 17.0 Å². The van der Waals surface area contributed by atoms with E-state index in [0.29, 0.717) is 43.5 Å². The Morgan fingerprint density at radius 3 is 2.77 bits per heavy atom. The quantitative estimate of drug-likeness (QED) is 0.796. The number of piperidine rings is 1. The maximum Gasteiger partial charge on any atom is 0.222 e. The number of rotatable bonds is 7. The summed E-state index contributed by atoms with van der Waals surface area (Å²) in [4.78, 5) is 18.7. The number of ether oxygens (including phenoxy) is 1. The Bertz CT molecular complexity index is 747. The molecule has 26 heavy (non-hydrogen) atoms. The molecule has 8 heteroatoms. The number of likely N-dealkylation sites (tertiary alicyclic amines) is 1. The van der Waals surface area contributed by atoms with Crippen LogP contribution in [0.2, 0.25) is 5.02 Å². The van der Waals surface area contributed by atoms with Gasteiger partial charge in [0.2, 0.25) is 5.91 Å². The number of aromatic nitrogens is 3. The Morgan fingerprint density at radius 2 is 2.08 bits per heavy atom. The number of aliphatic hydroxyl groups is 1. The summed E-state index contributed by atoms with van der Waals surface area (Å²) in [7, 11) is 1.63. The summed E-state index contributed by atoms with van der Waals surface area (Å²) in [6.45, 7) is 2.03. The van der Waals surface area contributed by atoms with Crippen molar-refractivity contribution in [1.82, 2.24) is 19.7 Å². The van der Waals surface area contributed by atoms with Gasteiger partial charge in [0.15, 0.2) is 5.82 Å². The van der Waals surface area contributed by atoms with Crippen LogP contribution in [-0.2, 0) is 16.1 Å². The van der Waals surface area contributed by atoms with Crippen LogP contribution in [0.15, 0.2) is 24.3 Å². The zero-order valence-corrected chi connectivity index (χ0v) is 15.5. The second-order valence-electron chi connectivity index (χ2n) is 6.32. The monoisotopic (exact) mass is 378 g/mol. The van der Waals surface area contributed by atoms with Crippen molar-refractivity contribution in [1.29, 1.82) is 0 Å². The molecular weight excluding hydrogens is 356 g/mol. The zero-order valence-electron chi connectivity index (χ0n) is 14.8. The number of carbonyl (C=O) groups is 1. The van der Waals surface area contributed by atoms with E-state index in [1.165, 1.54) is 0 Å². The van der Waals surface area contributed by atoms with Crippen LogP contribution in [0, 0.1) is 0 Å². The molecule has 0 bridgehead atoms. The summed E-state index contributed by atoms with van der Waals surface area (Å²) in [5.74, 6) is 1.64. The summed E-state index contributed by atoms with van der Waals surface area (Å²) >= 11 is 5.95. The molecule has 0 radical (unpaired) electrons. The van der Waals surface area contributed by atoms with E-state index >= 15 is 0 Å². The van der Waals surface area contributed by atoms with Crippen LogP contribution in [0.3, 0.4) is 0 Å². The van der Waals surface area contributed by atoms with E-state index in [1.54, 1.807) is 23.9 Å². The Kier molecular flexibility index (Phi) is 6.24. The molecule has 2 aromatic rings. The highest BCUT2D eigenvalue weighted by molar-refractivity contribution is 6.30. The molecule has 2 heterocycles. The van der Waals surface area contributed by atoms with Gasteiger partial charge in [-0.15, -0.1) is 0 Å². The van der Waals surface area contributed by atoms with E-state index in [2.05, 4.69) is 5.10 Å². The van der Waals surface area contributed by atoms with Gasteiger partial charge >= 0.3 is 0 Å². The second kappa shape index (κ2) is 8.62. The number of nitrogens with zero attached hydrogens (tertiary/aromatic N) is 4. The maximum atomic E-state index is 12.1. The lowest BCUT2D eigenvalue weighted by atomic mass is 9.96. The summed E-state index contributed by atoms with van der Waals surface area (Å²) in [6, 6.07) is 7.35. The number of hydrogen-bond acceptors (Lipinski definition) is 5. The fourth-order valence-electron chi connectivity index (χ4n) is 3.18. The Labute approximate surface area is 157 Å². The molecule has 1 fully saturated rings. The summed E-state index contributed by atoms with van der Waals surface area (Å²) in [5, 5.41) is 14.6. The summed E-state index contributed by atoms with van der Waals surface area (Å²) in [6.07, 6.45) is 1.21. The van der Waals surface area contributed by atoms with Crippen LogP contribution in [0.4, 0.5) is 0 Å². The standard InChI is InChI=1S/C18H23ClN4O3/c1-26-11-9-22-12-14(4-7-16(22)25)18-20-17(21-23(18)8-10-24)13-2-5-15(19)6-3-13/h2-3,5-6,14,24H,4,7-12H2,1H3. The first-order chi connectivity index (χ1) is 12.6. The normalized spacial score (nSPS) is 17.7. The van der Waals surface area contributed by atoms with E-state index in [-0.39, 0.29) is 18.4 Å². The van der Waals surface area contributed by atoms with E-state index in [4.69, 9.17) is 21.3 Å². The molecule has 1 atom stereocenters. The number of amides is 1. The summed E-state index contributed by atoms with van der Waals surface area (Å²) < 4.78 is 6.85. The van der Waals surface area contributed by atoms with Gasteiger partial charge in [-0.1, -0.05) is 11.6 Å². The highest BCUT2D eigenvalue weighted by Crippen LogP contribution is 2.28. The second-order valence-corrected chi connectivity index (χ2v) is 6.75. The van der Waals surface area contributed by atoms with Crippen molar-refractivity contribution < 1.29 is 14.6 Å². The van der Waals surface area contributed by atoms with E-state index in [9.17, 15) is 9.90 Å². The van der Waals surface area contributed by atoms with Gasteiger partial charge in [0.1, 0.15) is 5.82 Å². The molecule has 1 unspecified atom stereocenters. The van der Waals surface area contributed by atoms with Crippen molar-refractivity contribution in [3.05, 3.63) is 35.1 Å². The molecule has 0 aliphatic carbocycles. The zero-order chi connectivity index (χ0) is 18.5. The van der Waals surface area contributed by atoms with Gasteiger partial charge in [-0.3, -0.25) is 4.79 Å². The Balaban J connectivity index is 1.85. The molecule has 1 aliphatic rings. The molecule has 0 spiro atoms. The molecule has 1 aromatic heterocycles. The number of benzene rings is 1. The Hall–Kier alpha value is -1.96. The fourth-order valence-corrected chi connectivity index (χ4v) is 3.31. The van der Waals surface area contributed by atoms with Gasteiger partial charge in [-0.25, -0.2) is 9.67 Å². The number of carbonyl (C=O) groups excluding carboxylic acids is 1. The van der Waals surface area contributed by atoms with Gasteiger partial charge in [0.05, 0.1) is 19.8 Å². The molecule has 140 valence electrons. The van der Waals surface area contributed by atoms with E-state index < -0.39 is 0 Å². The van der Waals surface area contributed by atoms with Crippen LogP contribution in [-0.4, -0.2) is 64.1 Å². The Morgan fingerprint density at radius 1 is 1.31 bits per heavy atom. The van der Waals surface area contributed by atoms with E-state index in [0.717, 1.165) is 17.8 Å². The minimum absolute atomic E-state index is 0.0184. The van der Waals surface area contributed by atoms with Crippen LogP contribution in [0.25, 0.3) is 11.4 Å². The average Bonchev–Trinajstić information content (AvgIpc) is 3.06. The molecule has 1 aliphatic heterocycles. The topological polar surface area (TPSA) is 80.5 Å². The SMILES string of the molecule is COCCN1CC(c2nc(-c3ccc(Cl)cc3)nn2CCO)CCC1=O. The number of halogens is 1. The van der Waals surface area contributed by atoms with Crippen LogP contribution in [0.5, 0.6) is 0 Å². The van der Waals surface area contributed by atoms with Gasteiger partial charge in [-0.05, 0) is 30.7 Å². The lowest BCUT2D eigenvalue weighted by Gasteiger charge is -2.32. The minimum atomic E-state index is -0.0184. The number of hydrogen-bond donors (Lipinski definition) is 1. The summed E-state index contributed by atoms with van der Waals surface area (Å²) in [5.41, 5.74) is 0.871. The van der Waals surface area contributed by atoms with Gasteiger partial charge in [0.25, 0.3) is 0 Å². The maximum absolute atomic E-state index is 12.1. The van der Waals surface area contributed by atoms with Crippen LogP contribution < -0.4 is 0 Å².